The lowest BCUT2D eigenvalue weighted by Gasteiger charge is -2.27. The Kier molecular flexibility index (Phi) is 3.70. The van der Waals surface area contributed by atoms with Gasteiger partial charge in [-0.05, 0) is 0 Å². The van der Waals surface area contributed by atoms with Gasteiger partial charge in [-0.3, -0.25) is 4.79 Å². The summed E-state index contributed by atoms with van der Waals surface area (Å²) < 4.78 is 65.7. The van der Waals surface area contributed by atoms with E-state index in [0.717, 1.165) is 4.90 Å². The van der Waals surface area contributed by atoms with Crippen LogP contribution in [-0.4, -0.2) is 37.0 Å². The number of nitrogens with one attached hydrogen (secondary N) is 1. The molecule has 0 bridgehead atoms. The van der Waals surface area contributed by atoms with Gasteiger partial charge in [0.15, 0.2) is 23.3 Å². The summed E-state index contributed by atoms with van der Waals surface area (Å²) in [6.45, 7) is 1.05. The Labute approximate surface area is 105 Å². The molecule has 3 nitrogen and oxygen atoms in total. The van der Waals surface area contributed by atoms with Gasteiger partial charge in [-0.2, -0.15) is 0 Å². The molecule has 0 saturated carbocycles. The Morgan fingerprint density at radius 2 is 1.26 bits per heavy atom. The van der Waals surface area contributed by atoms with Crippen molar-refractivity contribution in [2.45, 2.75) is 0 Å². The molecule has 1 aliphatic rings. The number of nitrogens with zero attached hydrogens (tertiary/aromatic N) is 1. The number of rotatable bonds is 1. The van der Waals surface area contributed by atoms with E-state index in [0.29, 0.717) is 13.1 Å². The minimum atomic E-state index is -2.27. The summed E-state index contributed by atoms with van der Waals surface area (Å²) in [6, 6.07) is 0. The number of piperazine rings is 1. The van der Waals surface area contributed by atoms with Crippen LogP contribution in [0.25, 0.3) is 0 Å². The highest BCUT2D eigenvalue weighted by atomic mass is 19.2. The third-order valence-electron chi connectivity index (χ3n) is 2.83. The van der Waals surface area contributed by atoms with E-state index in [1.54, 1.807) is 0 Å². The van der Waals surface area contributed by atoms with E-state index in [1.807, 2.05) is 0 Å². The fourth-order valence-electron chi connectivity index (χ4n) is 1.82. The van der Waals surface area contributed by atoms with E-state index < -0.39 is 40.6 Å². The van der Waals surface area contributed by atoms with Gasteiger partial charge >= 0.3 is 0 Å². The zero-order chi connectivity index (χ0) is 14.2. The first-order valence-electron chi connectivity index (χ1n) is 5.46. The average Bonchev–Trinajstić information content (AvgIpc) is 2.44. The van der Waals surface area contributed by atoms with E-state index >= 15 is 0 Å². The van der Waals surface area contributed by atoms with E-state index in [2.05, 4.69) is 5.32 Å². The SMILES string of the molecule is O=C(c1c(F)c(F)c(F)c(F)c1F)N1CCNCC1. The fraction of sp³-hybridized carbons (Fsp3) is 0.364. The molecule has 2 rings (SSSR count). The molecule has 104 valence electrons. The molecule has 0 radical (unpaired) electrons. The molecule has 1 N–H and O–H groups in total. The summed E-state index contributed by atoms with van der Waals surface area (Å²) in [5.41, 5.74) is -1.40. The van der Waals surface area contributed by atoms with Crippen LogP contribution in [0.5, 0.6) is 0 Å². The molecule has 0 spiro atoms. The average molecular weight is 280 g/mol. The van der Waals surface area contributed by atoms with Crippen LogP contribution < -0.4 is 5.32 Å². The molecule has 0 aromatic heterocycles. The van der Waals surface area contributed by atoms with Crippen molar-refractivity contribution in [3.05, 3.63) is 34.6 Å². The van der Waals surface area contributed by atoms with Crippen LogP contribution >= 0.6 is 0 Å². The van der Waals surface area contributed by atoms with E-state index in [1.165, 1.54) is 0 Å². The summed E-state index contributed by atoms with van der Waals surface area (Å²) in [5.74, 6) is -11.9. The molecule has 1 aliphatic heterocycles. The lowest BCUT2D eigenvalue weighted by molar-refractivity contribution is 0.0722. The van der Waals surface area contributed by atoms with Gasteiger partial charge in [-0.15, -0.1) is 0 Å². The molecular formula is C11H9F5N2O. The Balaban J connectivity index is 2.47. The maximum atomic E-state index is 13.4. The monoisotopic (exact) mass is 280 g/mol. The number of benzene rings is 1. The van der Waals surface area contributed by atoms with Gasteiger partial charge in [0.2, 0.25) is 5.82 Å². The number of carbonyl (C=O) groups is 1. The van der Waals surface area contributed by atoms with Gasteiger partial charge < -0.3 is 10.2 Å². The molecule has 0 aliphatic carbocycles. The van der Waals surface area contributed by atoms with Gasteiger partial charge in [0.05, 0.1) is 0 Å². The second-order valence-corrected chi connectivity index (χ2v) is 3.99. The predicted molar refractivity (Wildman–Crippen MR) is 55.0 cm³/mol. The first-order chi connectivity index (χ1) is 8.95. The number of hydrogen-bond acceptors (Lipinski definition) is 2. The highest BCUT2D eigenvalue weighted by Gasteiger charge is 2.32. The van der Waals surface area contributed by atoms with Crippen molar-refractivity contribution in [3.63, 3.8) is 0 Å². The van der Waals surface area contributed by atoms with Crippen molar-refractivity contribution in [2.24, 2.45) is 0 Å². The molecule has 0 unspecified atom stereocenters. The van der Waals surface area contributed by atoms with Gasteiger partial charge in [-0.25, -0.2) is 22.0 Å². The molecule has 1 saturated heterocycles. The lowest BCUT2D eigenvalue weighted by atomic mass is 10.1. The van der Waals surface area contributed by atoms with Crippen LogP contribution in [0.4, 0.5) is 22.0 Å². The molecule has 0 atom stereocenters. The van der Waals surface area contributed by atoms with Crippen molar-refractivity contribution in [1.82, 2.24) is 10.2 Å². The number of hydrogen-bond donors (Lipinski definition) is 1. The van der Waals surface area contributed by atoms with Crippen molar-refractivity contribution < 1.29 is 26.7 Å². The molecule has 19 heavy (non-hydrogen) atoms. The second kappa shape index (κ2) is 5.12. The fourth-order valence-corrected chi connectivity index (χ4v) is 1.82. The van der Waals surface area contributed by atoms with Crippen LogP contribution in [-0.2, 0) is 0 Å². The van der Waals surface area contributed by atoms with E-state index in [9.17, 15) is 26.7 Å². The first-order valence-corrected chi connectivity index (χ1v) is 5.46. The lowest BCUT2D eigenvalue weighted by Crippen LogP contribution is -2.47. The second-order valence-electron chi connectivity index (χ2n) is 3.99. The van der Waals surface area contributed by atoms with Gasteiger partial charge in [-0.1, -0.05) is 0 Å². The first kappa shape index (κ1) is 13.7. The Morgan fingerprint density at radius 3 is 1.74 bits per heavy atom. The normalized spacial score (nSPS) is 15.7. The molecule has 8 heteroatoms. The molecular weight excluding hydrogens is 271 g/mol. The third-order valence-corrected chi connectivity index (χ3v) is 2.83. The smallest absolute Gasteiger partial charge is 0.260 e. The Hall–Kier alpha value is -1.70. The minimum absolute atomic E-state index is 0.137. The van der Waals surface area contributed by atoms with E-state index in [4.69, 9.17) is 0 Å². The largest absolute Gasteiger partial charge is 0.336 e. The quantitative estimate of drug-likeness (QED) is 0.479. The summed E-state index contributed by atoms with van der Waals surface area (Å²) in [4.78, 5) is 12.9. The predicted octanol–water partition coefficient (Wildman–Crippen LogP) is 1.43. The Bertz CT molecular complexity index is 499. The number of carbonyl (C=O) groups excluding carboxylic acids is 1. The zero-order valence-corrected chi connectivity index (χ0v) is 9.57. The zero-order valence-electron chi connectivity index (χ0n) is 9.57. The van der Waals surface area contributed by atoms with Gasteiger partial charge in [0.1, 0.15) is 5.56 Å². The highest BCUT2D eigenvalue weighted by Crippen LogP contribution is 2.24. The van der Waals surface area contributed by atoms with Crippen LogP contribution in [0.2, 0.25) is 0 Å². The topological polar surface area (TPSA) is 32.3 Å². The van der Waals surface area contributed by atoms with Gasteiger partial charge in [0, 0.05) is 26.2 Å². The number of halogens is 5. The minimum Gasteiger partial charge on any atom is -0.336 e. The summed E-state index contributed by atoms with van der Waals surface area (Å²) in [7, 11) is 0. The molecule has 1 heterocycles. The summed E-state index contributed by atoms with van der Waals surface area (Å²) in [5, 5.41) is 2.89. The Morgan fingerprint density at radius 1 is 0.842 bits per heavy atom. The van der Waals surface area contributed by atoms with Crippen molar-refractivity contribution >= 4 is 5.91 Å². The summed E-state index contributed by atoms with van der Waals surface area (Å²) >= 11 is 0. The molecule has 1 aromatic rings. The van der Waals surface area contributed by atoms with Crippen LogP contribution in [0.1, 0.15) is 10.4 Å². The maximum absolute atomic E-state index is 13.4. The maximum Gasteiger partial charge on any atom is 0.260 e. The third kappa shape index (κ3) is 2.27. The molecule has 1 aromatic carbocycles. The van der Waals surface area contributed by atoms with Crippen molar-refractivity contribution in [1.29, 1.82) is 0 Å². The standard InChI is InChI=1S/C11H9F5N2O/c12-6-5(7(13)9(15)10(16)8(6)14)11(19)18-3-1-17-2-4-18/h17H,1-4H2. The van der Waals surface area contributed by atoms with Crippen LogP contribution in [0.15, 0.2) is 0 Å². The van der Waals surface area contributed by atoms with Crippen molar-refractivity contribution in [3.8, 4) is 0 Å². The van der Waals surface area contributed by atoms with E-state index in [-0.39, 0.29) is 13.1 Å². The van der Waals surface area contributed by atoms with Crippen LogP contribution in [0, 0.1) is 29.1 Å². The molecule has 1 fully saturated rings. The van der Waals surface area contributed by atoms with Crippen molar-refractivity contribution in [2.75, 3.05) is 26.2 Å². The van der Waals surface area contributed by atoms with Gasteiger partial charge in [0.25, 0.3) is 5.91 Å². The number of amides is 1. The highest BCUT2D eigenvalue weighted by molar-refractivity contribution is 5.95. The molecule has 1 amide bonds. The van der Waals surface area contributed by atoms with Crippen LogP contribution in [0.3, 0.4) is 0 Å². The summed E-state index contributed by atoms with van der Waals surface area (Å²) in [6.07, 6.45) is 0.